The zero-order chi connectivity index (χ0) is 23.9. The van der Waals surface area contributed by atoms with Crippen molar-refractivity contribution in [2.45, 2.75) is 63.6 Å². The Bertz CT molecular complexity index is 1090. The molecule has 34 heavy (non-hydrogen) atoms. The second-order valence-corrected chi connectivity index (χ2v) is 11.2. The molecule has 4 fully saturated rings. The summed E-state index contributed by atoms with van der Waals surface area (Å²) in [5, 5.41) is 21.7. The van der Waals surface area contributed by atoms with Crippen LogP contribution in [0.2, 0.25) is 0 Å². The van der Waals surface area contributed by atoms with Crippen molar-refractivity contribution < 1.29 is 29.3 Å². The average molecular weight is 465 g/mol. The molecular weight excluding hydrogens is 432 g/mol. The first-order valence-corrected chi connectivity index (χ1v) is 12.4. The summed E-state index contributed by atoms with van der Waals surface area (Å²) in [6.45, 7) is 3.56. The Morgan fingerprint density at radius 2 is 1.97 bits per heavy atom. The summed E-state index contributed by atoms with van der Waals surface area (Å²) in [5.41, 5.74) is -0.410. The summed E-state index contributed by atoms with van der Waals surface area (Å²) in [5.74, 6) is -0.136. The Kier molecular flexibility index (Phi) is 4.89. The fraction of sp³-hybridized carbons (Fsp3) is 0.571. The van der Waals surface area contributed by atoms with Gasteiger partial charge in [0.1, 0.15) is 6.61 Å². The second-order valence-electron chi connectivity index (χ2n) is 11.2. The molecule has 0 unspecified atom stereocenters. The maximum absolute atomic E-state index is 13.5. The summed E-state index contributed by atoms with van der Waals surface area (Å²) >= 11 is 0. The SMILES string of the molecule is C[C@]12C=CC(=O)C=C1CC[C@@H]1[C@@H]2[C@@H](O)C[C@@]2(C)[C@H]1C[C@H]1O[C@@H](c3ccccc3)O[C@]12C(=O)CO. The lowest BCUT2D eigenvalue weighted by molar-refractivity contribution is -0.201. The predicted octanol–water partition coefficient (Wildman–Crippen LogP) is 3.29. The maximum atomic E-state index is 13.5. The molecule has 1 heterocycles. The van der Waals surface area contributed by atoms with Gasteiger partial charge < -0.3 is 19.7 Å². The van der Waals surface area contributed by atoms with Crippen molar-refractivity contribution in [1.29, 1.82) is 0 Å². The number of carbonyl (C=O) groups is 2. The number of hydrogen-bond donors (Lipinski definition) is 2. The smallest absolute Gasteiger partial charge is 0.193 e. The van der Waals surface area contributed by atoms with Crippen LogP contribution in [0.25, 0.3) is 0 Å². The van der Waals surface area contributed by atoms with Gasteiger partial charge in [-0.15, -0.1) is 0 Å². The van der Waals surface area contributed by atoms with Gasteiger partial charge in [-0.25, -0.2) is 0 Å². The van der Waals surface area contributed by atoms with Crippen molar-refractivity contribution in [3.63, 3.8) is 0 Å². The van der Waals surface area contributed by atoms with Crippen molar-refractivity contribution >= 4 is 11.6 Å². The molecule has 4 aliphatic carbocycles. The van der Waals surface area contributed by atoms with Crippen LogP contribution in [-0.2, 0) is 19.1 Å². The van der Waals surface area contributed by atoms with E-state index >= 15 is 0 Å². The minimum Gasteiger partial charge on any atom is -0.393 e. The van der Waals surface area contributed by atoms with E-state index in [0.29, 0.717) is 12.8 Å². The minimum absolute atomic E-state index is 0.0118. The molecule has 9 atom stereocenters. The lowest BCUT2D eigenvalue weighted by atomic mass is 9.46. The molecule has 2 N–H and O–H groups in total. The molecule has 5 aliphatic rings. The summed E-state index contributed by atoms with van der Waals surface area (Å²) in [6.07, 6.45) is 6.21. The van der Waals surface area contributed by atoms with Crippen molar-refractivity contribution in [2.75, 3.05) is 6.61 Å². The maximum Gasteiger partial charge on any atom is 0.193 e. The molecule has 1 aromatic rings. The van der Waals surface area contributed by atoms with Crippen molar-refractivity contribution in [2.24, 2.45) is 28.6 Å². The van der Waals surface area contributed by atoms with Gasteiger partial charge in [-0.05, 0) is 49.7 Å². The monoisotopic (exact) mass is 464 g/mol. The number of fused-ring (bicyclic) bond motifs is 7. The number of ether oxygens (including phenoxy) is 2. The quantitative estimate of drug-likeness (QED) is 0.713. The molecule has 0 radical (unpaired) electrons. The standard InChI is InChI=1S/C28H32O6/c1-26-11-10-18(30)12-17(26)8-9-19-20-13-23-28(22(32)15-29,27(20,2)14-21(31)24(19)26)34-25(33-23)16-6-4-3-5-7-16/h3-7,10-12,19-21,23-25,29,31H,8-9,13-15H2,1-2H3/t19-,20-,21-,23+,24+,25+,26-,27-,28+/m0/s1. The number of ketones is 2. The highest BCUT2D eigenvalue weighted by atomic mass is 16.7. The molecule has 180 valence electrons. The van der Waals surface area contributed by atoms with Gasteiger partial charge in [-0.2, -0.15) is 0 Å². The van der Waals surface area contributed by atoms with Crippen LogP contribution < -0.4 is 0 Å². The number of carbonyl (C=O) groups excluding carboxylic acids is 2. The minimum atomic E-state index is -1.30. The van der Waals surface area contributed by atoms with Crippen LogP contribution >= 0.6 is 0 Å². The molecule has 6 heteroatoms. The molecule has 1 aliphatic heterocycles. The summed E-state index contributed by atoms with van der Waals surface area (Å²) in [4.78, 5) is 25.5. The van der Waals surface area contributed by atoms with Crippen LogP contribution in [-0.4, -0.2) is 46.2 Å². The molecule has 6 rings (SSSR count). The second kappa shape index (κ2) is 7.44. The van der Waals surface area contributed by atoms with Gasteiger partial charge in [-0.3, -0.25) is 9.59 Å². The van der Waals surface area contributed by atoms with E-state index in [1.807, 2.05) is 36.4 Å². The highest BCUT2D eigenvalue weighted by Crippen LogP contribution is 2.70. The topological polar surface area (TPSA) is 93.1 Å². The molecule has 0 spiro atoms. The van der Waals surface area contributed by atoms with Gasteiger partial charge in [0.15, 0.2) is 23.5 Å². The van der Waals surface area contributed by atoms with E-state index in [1.54, 1.807) is 12.2 Å². The largest absolute Gasteiger partial charge is 0.393 e. The van der Waals surface area contributed by atoms with Gasteiger partial charge >= 0.3 is 0 Å². The third-order valence-corrected chi connectivity index (χ3v) is 9.87. The average Bonchev–Trinajstić information content (AvgIpc) is 3.32. The molecule has 1 aromatic carbocycles. The van der Waals surface area contributed by atoms with E-state index in [2.05, 4.69) is 13.8 Å². The Morgan fingerprint density at radius 1 is 1.21 bits per heavy atom. The Balaban J connectivity index is 1.41. The van der Waals surface area contributed by atoms with Crippen molar-refractivity contribution in [3.05, 3.63) is 59.7 Å². The number of Topliss-reactive ketones (excluding diaryl/α,β-unsaturated/α-hetero) is 1. The van der Waals surface area contributed by atoms with E-state index in [9.17, 15) is 19.8 Å². The first-order chi connectivity index (χ1) is 16.2. The van der Waals surface area contributed by atoms with Crippen LogP contribution in [0, 0.1) is 28.6 Å². The number of aliphatic hydroxyl groups excluding tert-OH is 2. The number of benzene rings is 1. The van der Waals surface area contributed by atoms with Gasteiger partial charge in [0, 0.05) is 22.3 Å². The van der Waals surface area contributed by atoms with Gasteiger partial charge in [-0.1, -0.05) is 55.8 Å². The molecule has 6 nitrogen and oxygen atoms in total. The third kappa shape index (κ3) is 2.71. The molecule has 0 bridgehead atoms. The number of hydrogen-bond acceptors (Lipinski definition) is 6. The van der Waals surface area contributed by atoms with Crippen molar-refractivity contribution in [3.8, 4) is 0 Å². The van der Waals surface area contributed by atoms with Crippen LogP contribution in [0.15, 0.2) is 54.1 Å². The van der Waals surface area contributed by atoms with Gasteiger partial charge in [0.05, 0.1) is 12.2 Å². The number of rotatable bonds is 3. The third-order valence-electron chi connectivity index (χ3n) is 9.87. The van der Waals surface area contributed by atoms with E-state index < -0.39 is 36.1 Å². The summed E-state index contributed by atoms with van der Waals surface area (Å²) < 4.78 is 13.0. The number of allylic oxidation sites excluding steroid dienone is 4. The van der Waals surface area contributed by atoms with Crippen LogP contribution in [0.1, 0.15) is 51.4 Å². The lowest BCUT2D eigenvalue weighted by Crippen LogP contribution is -2.63. The zero-order valence-electron chi connectivity index (χ0n) is 19.6. The Hall–Kier alpha value is -2.12. The Labute approximate surface area is 199 Å². The summed E-state index contributed by atoms with van der Waals surface area (Å²) in [7, 11) is 0. The molecular formula is C28H32O6. The first-order valence-electron chi connectivity index (χ1n) is 12.4. The highest BCUT2D eigenvalue weighted by Gasteiger charge is 2.75. The van der Waals surface area contributed by atoms with E-state index in [1.165, 1.54) is 0 Å². The van der Waals surface area contributed by atoms with Crippen LogP contribution in [0.5, 0.6) is 0 Å². The van der Waals surface area contributed by atoms with Gasteiger partial charge in [0.25, 0.3) is 0 Å². The fourth-order valence-corrected chi connectivity index (χ4v) is 8.44. The van der Waals surface area contributed by atoms with Crippen molar-refractivity contribution in [1.82, 2.24) is 0 Å². The lowest BCUT2D eigenvalue weighted by Gasteiger charge is -2.59. The first kappa shape index (κ1) is 22.4. The van der Waals surface area contributed by atoms with Crippen LogP contribution in [0.3, 0.4) is 0 Å². The van der Waals surface area contributed by atoms with E-state index in [-0.39, 0.29) is 34.7 Å². The molecule has 0 amide bonds. The van der Waals surface area contributed by atoms with Gasteiger partial charge in [0.2, 0.25) is 0 Å². The normalized spacial score (nSPS) is 46.8. The zero-order valence-corrected chi connectivity index (χ0v) is 19.6. The fourth-order valence-electron chi connectivity index (χ4n) is 8.44. The van der Waals surface area contributed by atoms with E-state index in [0.717, 1.165) is 24.0 Å². The van der Waals surface area contributed by atoms with E-state index in [4.69, 9.17) is 9.47 Å². The molecule has 0 aromatic heterocycles. The summed E-state index contributed by atoms with van der Waals surface area (Å²) in [6, 6.07) is 9.57. The van der Waals surface area contributed by atoms with Crippen LogP contribution in [0.4, 0.5) is 0 Å². The number of aliphatic hydroxyl groups is 2. The molecule has 1 saturated heterocycles. The highest BCUT2D eigenvalue weighted by molar-refractivity contribution is 6.01. The Morgan fingerprint density at radius 3 is 2.71 bits per heavy atom. The molecule has 3 saturated carbocycles. The predicted molar refractivity (Wildman–Crippen MR) is 123 cm³/mol.